The second-order valence-electron chi connectivity index (χ2n) is 2.89. The summed E-state index contributed by atoms with van der Waals surface area (Å²) in [6.07, 6.45) is -1.46. The minimum Gasteiger partial charge on any atom is -0.481 e. The molecule has 0 aliphatic rings. The van der Waals surface area contributed by atoms with Crippen LogP contribution >= 0.6 is 0 Å². The van der Waals surface area contributed by atoms with Gasteiger partial charge in [0.05, 0.1) is 0 Å². The number of aliphatic hydroxyl groups excluding tert-OH is 1. The first-order valence-electron chi connectivity index (χ1n) is 4.29. The first kappa shape index (κ1) is 16.7. The summed E-state index contributed by atoms with van der Waals surface area (Å²) in [5.74, 6) is -3.38. The van der Waals surface area contributed by atoms with Crippen molar-refractivity contribution in [1.29, 1.82) is 0 Å². The maximum Gasteiger partial charge on any atom is 0.332 e. The lowest BCUT2D eigenvalue weighted by Crippen LogP contribution is -2.30. The highest BCUT2D eigenvalue weighted by atomic mass is 16.4. The standard InChI is InChI=1S/C5H9NO4.C3H6O3/c6-3(5(9)10)1-2-4(7)8;1-2(4)3(5)6/h3H,1-2,6H2,(H,7,8)(H,9,10);2,4H,1H3,(H,5,6)/t3-;/m1./s1. The average molecular weight is 237 g/mol. The zero-order valence-corrected chi connectivity index (χ0v) is 8.66. The van der Waals surface area contributed by atoms with Crippen molar-refractivity contribution < 1.29 is 34.8 Å². The fourth-order valence-electron chi connectivity index (χ4n) is 0.402. The van der Waals surface area contributed by atoms with E-state index in [0.717, 1.165) is 0 Å². The third kappa shape index (κ3) is 12.3. The Labute approximate surface area is 91.3 Å². The van der Waals surface area contributed by atoms with Crippen LogP contribution in [0.25, 0.3) is 0 Å². The van der Waals surface area contributed by atoms with Crippen LogP contribution in [0.15, 0.2) is 0 Å². The molecule has 0 heterocycles. The summed E-state index contributed by atoms with van der Waals surface area (Å²) in [5, 5.41) is 32.0. The van der Waals surface area contributed by atoms with Gasteiger partial charge < -0.3 is 26.2 Å². The number of hydrogen-bond acceptors (Lipinski definition) is 5. The molecule has 0 amide bonds. The summed E-state index contributed by atoms with van der Waals surface area (Å²) in [4.78, 5) is 29.3. The number of carboxylic acids is 3. The van der Waals surface area contributed by atoms with E-state index in [2.05, 4.69) is 0 Å². The van der Waals surface area contributed by atoms with Crippen LogP contribution in [0, 0.1) is 0 Å². The van der Waals surface area contributed by atoms with Gasteiger partial charge in [-0.25, -0.2) is 4.79 Å². The zero-order chi connectivity index (χ0) is 13.3. The third-order valence-corrected chi connectivity index (χ3v) is 1.34. The third-order valence-electron chi connectivity index (χ3n) is 1.34. The highest BCUT2D eigenvalue weighted by Crippen LogP contribution is 1.93. The van der Waals surface area contributed by atoms with Crippen molar-refractivity contribution >= 4 is 17.9 Å². The molecule has 2 atom stereocenters. The molecular weight excluding hydrogens is 222 g/mol. The predicted octanol–water partition coefficient (Wildman–Crippen LogP) is -1.29. The van der Waals surface area contributed by atoms with E-state index >= 15 is 0 Å². The van der Waals surface area contributed by atoms with Gasteiger partial charge in [0.1, 0.15) is 12.1 Å². The van der Waals surface area contributed by atoms with Crippen LogP contribution in [-0.4, -0.2) is 50.5 Å². The molecule has 0 spiro atoms. The lowest BCUT2D eigenvalue weighted by atomic mass is 10.2. The van der Waals surface area contributed by atoms with E-state index in [-0.39, 0.29) is 12.8 Å². The summed E-state index contributed by atoms with van der Waals surface area (Å²) >= 11 is 0. The topological polar surface area (TPSA) is 158 Å². The molecule has 6 N–H and O–H groups in total. The van der Waals surface area contributed by atoms with Crippen molar-refractivity contribution in [2.45, 2.75) is 31.9 Å². The lowest BCUT2D eigenvalue weighted by molar-refractivity contribution is -0.145. The van der Waals surface area contributed by atoms with Gasteiger partial charge in [-0.2, -0.15) is 0 Å². The Bertz CT molecular complexity index is 251. The highest BCUT2D eigenvalue weighted by molar-refractivity contribution is 5.74. The summed E-state index contributed by atoms with van der Waals surface area (Å²) in [6, 6.07) is -1.06. The van der Waals surface area contributed by atoms with Crippen LogP contribution in [0.4, 0.5) is 0 Å². The number of carboxylic acid groups (broad SMARTS) is 3. The predicted molar refractivity (Wildman–Crippen MR) is 51.8 cm³/mol. The Balaban J connectivity index is 0. The van der Waals surface area contributed by atoms with Crippen molar-refractivity contribution in [3.63, 3.8) is 0 Å². The summed E-state index contributed by atoms with van der Waals surface area (Å²) < 4.78 is 0. The quantitative estimate of drug-likeness (QED) is 0.395. The fraction of sp³-hybridized carbons (Fsp3) is 0.625. The molecule has 0 aliphatic heterocycles. The van der Waals surface area contributed by atoms with Crippen molar-refractivity contribution in [1.82, 2.24) is 0 Å². The smallest absolute Gasteiger partial charge is 0.332 e. The minimum atomic E-state index is -1.23. The number of hydrogen-bond donors (Lipinski definition) is 5. The van der Waals surface area contributed by atoms with Crippen LogP contribution in [0.5, 0.6) is 0 Å². The molecule has 16 heavy (non-hydrogen) atoms. The van der Waals surface area contributed by atoms with Crippen LogP contribution in [0.1, 0.15) is 19.8 Å². The second kappa shape index (κ2) is 8.62. The number of aliphatic carboxylic acids is 3. The largest absolute Gasteiger partial charge is 0.481 e. The summed E-state index contributed by atoms with van der Waals surface area (Å²) in [7, 11) is 0. The van der Waals surface area contributed by atoms with Crippen LogP contribution in [0.3, 0.4) is 0 Å². The first-order chi connectivity index (χ1) is 7.18. The molecule has 0 aromatic rings. The molecule has 0 fully saturated rings. The number of rotatable bonds is 5. The highest BCUT2D eigenvalue weighted by Gasteiger charge is 2.12. The summed E-state index contributed by atoms with van der Waals surface area (Å²) in [6.45, 7) is 1.20. The van der Waals surface area contributed by atoms with E-state index < -0.39 is 30.1 Å². The van der Waals surface area contributed by atoms with Crippen LogP contribution < -0.4 is 5.73 Å². The van der Waals surface area contributed by atoms with E-state index in [1.807, 2.05) is 0 Å². The van der Waals surface area contributed by atoms with Crippen molar-refractivity contribution in [3.8, 4) is 0 Å². The van der Waals surface area contributed by atoms with Crippen molar-refractivity contribution in [2.24, 2.45) is 5.73 Å². The molecule has 8 heteroatoms. The molecule has 0 saturated carbocycles. The van der Waals surface area contributed by atoms with Gasteiger partial charge in [-0.1, -0.05) is 0 Å². The molecule has 0 aliphatic carbocycles. The Morgan fingerprint density at radius 2 is 1.50 bits per heavy atom. The summed E-state index contributed by atoms with van der Waals surface area (Å²) in [5.41, 5.74) is 5.00. The van der Waals surface area contributed by atoms with Gasteiger partial charge in [0.25, 0.3) is 0 Å². The number of carbonyl (C=O) groups is 3. The Kier molecular flexibility index (Phi) is 9.03. The molecule has 0 rings (SSSR count). The molecule has 94 valence electrons. The van der Waals surface area contributed by atoms with E-state index in [1.165, 1.54) is 6.92 Å². The monoisotopic (exact) mass is 237 g/mol. The van der Waals surface area contributed by atoms with E-state index in [0.29, 0.717) is 0 Å². The van der Waals surface area contributed by atoms with Gasteiger partial charge in [0, 0.05) is 6.42 Å². The van der Waals surface area contributed by atoms with Gasteiger partial charge in [-0.15, -0.1) is 0 Å². The van der Waals surface area contributed by atoms with Gasteiger partial charge in [-0.3, -0.25) is 9.59 Å². The Hall–Kier alpha value is -1.67. The molecule has 0 saturated heterocycles. The molecule has 0 radical (unpaired) electrons. The maximum absolute atomic E-state index is 9.99. The first-order valence-corrected chi connectivity index (χ1v) is 4.29. The fourth-order valence-corrected chi connectivity index (χ4v) is 0.402. The SMILES string of the molecule is CC(O)C(=O)O.N[C@H](CCC(=O)O)C(=O)O. The average Bonchev–Trinajstić information content (AvgIpc) is 2.14. The zero-order valence-electron chi connectivity index (χ0n) is 8.66. The van der Waals surface area contributed by atoms with Gasteiger partial charge in [0.15, 0.2) is 0 Å². The van der Waals surface area contributed by atoms with Gasteiger partial charge >= 0.3 is 17.9 Å². The van der Waals surface area contributed by atoms with E-state index in [9.17, 15) is 14.4 Å². The lowest BCUT2D eigenvalue weighted by Gasteiger charge is -2.01. The molecule has 8 nitrogen and oxygen atoms in total. The normalized spacial score (nSPS) is 12.9. The molecular formula is C8H15NO7. The van der Waals surface area contributed by atoms with E-state index in [4.69, 9.17) is 26.2 Å². The second-order valence-corrected chi connectivity index (χ2v) is 2.89. The van der Waals surface area contributed by atoms with Crippen LogP contribution in [-0.2, 0) is 14.4 Å². The van der Waals surface area contributed by atoms with E-state index in [1.54, 1.807) is 0 Å². The number of nitrogens with two attached hydrogens (primary N) is 1. The van der Waals surface area contributed by atoms with Crippen LogP contribution in [0.2, 0.25) is 0 Å². The Morgan fingerprint density at radius 3 is 1.69 bits per heavy atom. The van der Waals surface area contributed by atoms with Crippen molar-refractivity contribution in [3.05, 3.63) is 0 Å². The molecule has 0 bridgehead atoms. The maximum atomic E-state index is 9.99. The van der Waals surface area contributed by atoms with Gasteiger partial charge in [0.2, 0.25) is 0 Å². The minimum absolute atomic E-state index is 0.0231. The number of aliphatic hydroxyl groups is 1. The molecule has 0 aromatic heterocycles. The Morgan fingerprint density at radius 1 is 1.12 bits per heavy atom. The van der Waals surface area contributed by atoms with Crippen molar-refractivity contribution in [2.75, 3.05) is 0 Å². The van der Waals surface area contributed by atoms with Gasteiger partial charge in [-0.05, 0) is 13.3 Å². The molecule has 0 aromatic carbocycles. The molecule has 1 unspecified atom stereocenters.